The van der Waals surface area contributed by atoms with E-state index < -0.39 is 26.7 Å². The SMILES string of the molecule is O=C(Nc1ccc(F)cc1)c1ccc(NS(=O)(=O)c2cccc([N+](=O)[O-])c2)cc1. The van der Waals surface area contributed by atoms with E-state index in [0.29, 0.717) is 5.69 Å². The van der Waals surface area contributed by atoms with Gasteiger partial charge in [0.25, 0.3) is 21.6 Å². The van der Waals surface area contributed by atoms with Crippen molar-refractivity contribution in [1.29, 1.82) is 0 Å². The molecule has 0 aliphatic heterocycles. The standard InChI is InChI=1S/C19H14FN3O5S/c20-14-6-10-15(11-7-14)21-19(24)13-4-8-16(9-5-13)22-29(27,28)18-3-1-2-17(12-18)23(25)26/h1-12,22H,(H,21,24). The normalized spacial score (nSPS) is 10.9. The maximum absolute atomic E-state index is 12.9. The number of carbonyl (C=O) groups excluding carboxylic acids is 1. The molecule has 0 heterocycles. The van der Waals surface area contributed by atoms with Crippen molar-refractivity contribution in [2.45, 2.75) is 4.90 Å². The smallest absolute Gasteiger partial charge is 0.270 e. The molecule has 0 aromatic heterocycles. The predicted molar refractivity (Wildman–Crippen MR) is 105 cm³/mol. The van der Waals surface area contributed by atoms with E-state index in [1.54, 1.807) is 0 Å². The van der Waals surface area contributed by atoms with Crippen molar-refractivity contribution in [3.05, 3.63) is 94.3 Å². The van der Waals surface area contributed by atoms with Crippen molar-refractivity contribution >= 4 is 33.0 Å². The minimum Gasteiger partial charge on any atom is -0.322 e. The van der Waals surface area contributed by atoms with Crippen LogP contribution in [0.4, 0.5) is 21.5 Å². The fraction of sp³-hybridized carbons (Fsp3) is 0. The first-order chi connectivity index (χ1) is 13.7. The Labute approximate surface area is 165 Å². The van der Waals surface area contributed by atoms with Crippen molar-refractivity contribution < 1.29 is 22.5 Å². The van der Waals surface area contributed by atoms with Crippen molar-refractivity contribution in [1.82, 2.24) is 0 Å². The van der Waals surface area contributed by atoms with Gasteiger partial charge in [0.2, 0.25) is 0 Å². The number of nitro benzene ring substituents is 1. The lowest BCUT2D eigenvalue weighted by atomic mass is 10.2. The van der Waals surface area contributed by atoms with Gasteiger partial charge in [-0.25, -0.2) is 12.8 Å². The molecule has 0 aliphatic rings. The third-order valence-electron chi connectivity index (χ3n) is 3.84. The van der Waals surface area contributed by atoms with Gasteiger partial charge >= 0.3 is 0 Å². The highest BCUT2D eigenvalue weighted by molar-refractivity contribution is 7.92. The van der Waals surface area contributed by atoms with Crippen molar-refractivity contribution in [3.8, 4) is 0 Å². The van der Waals surface area contributed by atoms with Crippen LogP contribution >= 0.6 is 0 Å². The number of amides is 1. The number of nitro groups is 1. The van der Waals surface area contributed by atoms with Crippen LogP contribution in [0.2, 0.25) is 0 Å². The molecule has 3 aromatic carbocycles. The molecule has 0 spiro atoms. The Morgan fingerprint density at radius 3 is 2.17 bits per heavy atom. The van der Waals surface area contributed by atoms with E-state index >= 15 is 0 Å². The molecule has 148 valence electrons. The largest absolute Gasteiger partial charge is 0.322 e. The molecule has 2 N–H and O–H groups in total. The zero-order valence-corrected chi connectivity index (χ0v) is 15.5. The highest BCUT2D eigenvalue weighted by Gasteiger charge is 2.18. The van der Waals surface area contributed by atoms with E-state index in [0.717, 1.165) is 6.07 Å². The molecule has 0 aliphatic carbocycles. The first-order valence-corrected chi connectivity index (χ1v) is 9.67. The topological polar surface area (TPSA) is 118 Å². The molecule has 29 heavy (non-hydrogen) atoms. The molecule has 0 bridgehead atoms. The van der Waals surface area contributed by atoms with Crippen LogP contribution in [0.25, 0.3) is 0 Å². The summed E-state index contributed by atoms with van der Waals surface area (Å²) in [5.74, 6) is -0.881. The lowest BCUT2D eigenvalue weighted by Gasteiger charge is -2.09. The van der Waals surface area contributed by atoms with E-state index in [9.17, 15) is 27.7 Å². The van der Waals surface area contributed by atoms with E-state index in [1.165, 1.54) is 66.7 Å². The highest BCUT2D eigenvalue weighted by atomic mass is 32.2. The van der Waals surface area contributed by atoms with E-state index in [2.05, 4.69) is 10.0 Å². The summed E-state index contributed by atoms with van der Waals surface area (Å²) < 4.78 is 40.0. The number of hydrogen-bond donors (Lipinski definition) is 2. The van der Waals surface area contributed by atoms with Gasteiger partial charge in [0.1, 0.15) is 5.82 Å². The number of sulfonamides is 1. The zero-order chi connectivity index (χ0) is 21.0. The number of benzene rings is 3. The molecule has 0 fully saturated rings. The van der Waals surface area contributed by atoms with Crippen LogP contribution in [-0.2, 0) is 10.0 Å². The van der Waals surface area contributed by atoms with Gasteiger partial charge in [0.15, 0.2) is 0 Å². The maximum Gasteiger partial charge on any atom is 0.270 e. The molecule has 0 saturated heterocycles. The minimum atomic E-state index is -4.05. The summed E-state index contributed by atoms with van der Waals surface area (Å²) in [4.78, 5) is 22.1. The second-order valence-electron chi connectivity index (χ2n) is 5.90. The Balaban J connectivity index is 1.72. The molecule has 3 aromatic rings. The molecule has 1 amide bonds. The van der Waals surface area contributed by atoms with Gasteiger partial charge in [0.05, 0.1) is 9.82 Å². The minimum absolute atomic E-state index is 0.176. The average molecular weight is 415 g/mol. The van der Waals surface area contributed by atoms with Gasteiger partial charge in [-0.3, -0.25) is 19.6 Å². The first kappa shape index (κ1) is 20.0. The molecule has 8 nitrogen and oxygen atoms in total. The molecule has 3 rings (SSSR count). The number of nitrogens with zero attached hydrogens (tertiary/aromatic N) is 1. The summed E-state index contributed by atoms with van der Waals surface area (Å²) in [5.41, 5.74) is 0.495. The fourth-order valence-corrected chi connectivity index (χ4v) is 3.50. The molecule has 0 atom stereocenters. The summed E-state index contributed by atoms with van der Waals surface area (Å²) in [6.07, 6.45) is 0. The molecular weight excluding hydrogens is 401 g/mol. The van der Waals surface area contributed by atoms with Crippen LogP contribution in [0, 0.1) is 15.9 Å². The molecule has 0 unspecified atom stereocenters. The van der Waals surface area contributed by atoms with Gasteiger partial charge in [0, 0.05) is 29.1 Å². The van der Waals surface area contributed by atoms with Gasteiger partial charge in [-0.1, -0.05) is 6.07 Å². The fourth-order valence-electron chi connectivity index (χ4n) is 2.40. The quantitative estimate of drug-likeness (QED) is 0.469. The van der Waals surface area contributed by atoms with Gasteiger partial charge in [-0.15, -0.1) is 0 Å². The van der Waals surface area contributed by atoms with Crippen LogP contribution < -0.4 is 10.0 Å². The summed E-state index contributed by atoms with van der Waals surface area (Å²) >= 11 is 0. The molecule has 0 radical (unpaired) electrons. The highest BCUT2D eigenvalue weighted by Crippen LogP contribution is 2.21. The Bertz CT molecular complexity index is 1160. The van der Waals surface area contributed by atoms with Crippen LogP contribution in [0.1, 0.15) is 10.4 Å². The number of non-ortho nitro benzene ring substituents is 1. The number of rotatable bonds is 6. The van der Waals surface area contributed by atoms with Crippen LogP contribution in [0.5, 0.6) is 0 Å². The molecule has 0 saturated carbocycles. The van der Waals surface area contributed by atoms with Gasteiger partial charge in [-0.05, 0) is 54.6 Å². The van der Waals surface area contributed by atoms with Crippen molar-refractivity contribution in [2.24, 2.45) is 0 Å². The van der Waals surface area contributed by atoms with Gasteiger partial charge < -0.3 is 5.32 Å². The Hall–Kier alpha value is -3.79. The Morgan fingerprint density at radius 2 is 1.55 bits per heavy atom. The van der Waals surface area contributed by atoms with Crippen LogP contribution in [0.3, 0.4) is 0 Å². The monoisotopic (exact) mass is 415 g/mol. The number of anilines is 2. The first-order valence-electron chi connectivity index (χ1n) is 8.19. The third-order valence-corrected chi connectivity index (χ3v) is 5.22. The summed E-state index contributed by atoms with van der Waals surface area (Å²) in [6, 6.07) is 15.5. The number of nitrogens with one attached hydrogen (secondary N) is 2. The zero-order valence-electron chi connectivity index (χ0n) is 14.7. The summed E-state index contributed by atoms with van der Waals surface area (Å²) in [5, 5.41) is 13.4. The summed E-state index contributed by atoms with van der Waals surface area (Å²) in [7, 11) is -4.05. The third kappa shape index (κ3) is 4.93. The van der Waals surface area contributed by atoms with E-state index in [1.807, 2.05) is 0 Å². The van der Waals surface area contributed by atoms with Crippen LogP contribution in [-0.4, -0.2) is 19.2 Å². The maximum atomic E-state index is 12.9. The van der Waals surface area contributed by atoms with Crippen molar-refractivity contribution in [3.63, 3.8) is 0 Å². The molecule has 10 heteroatoms. The van der Waals surface area contributed by atoms with Crippen LogP contribution in [0.15, 0.2) is 77.7 Å². The van der Waals surface area contributed by atoms with E-state index in [4.69, 9.17) is 0 Å². The predicted octanol–water partition coefficient (Wildman–Crippen LogP) is 3.79. The summed E-state index contributed by atoms with van der Waals surface area (Å²) in [6.45, 7) is 0. The van der Waals surface area contributed by atoms with E-state index in [-0.39, 0.29) is 21.8 Å². The molecular formula is C19H14FN3O5S. The Kier molecular flexibility index (Phi) is 5.55. The lowest BCUT2D eigenvalue weighted by Crippen LogP contribution is -2.14. The number of carbonyl (C=O) groups is 1. The van der Waals surface area contributed by atoms with Gasteiger partial charge in [-0.2, -0.15) is 0 Å². The van der Waals surface area contributed by atoms with Crippen molar-refractivity contribution in [2.75, 3.05) is 10.0 Å². The Morgan fingerprint density at radius 1 is 0.931 bits per heavy atom. The lowest BCUT2D eigenvalue weighted by molar-refractivity contribution is -0.385. The number of halogens is 1. The number of hydrogen-bond acceptors (Lipinski definition) is 5. The average Bonchev–Trinajstić information content (AvgIpc) is 2.70. The second kappa shape index (κ2) is 8.07. The second-order valence-corrected chi connectivity index (χ2v) is 7.58.